The van der Waals surface area contributed by atoms with E-state index in [2.05, 4.69) is 18.7 Å². The van der Waals surface area contributed by atoms with Crippen molar-refractivity contribution in [2.45, 2.75) is 38.9 Å². The van der Waals surface area contributed by atoms with Gasteiger partial charge in [0, 0.05) is 13.1 Å². The highest BCUT2D eigenvalue weighted by Crippen LogP contribution is 2.13. The van der Waals surface area contributed by atoms with Crippen LogP contribution in [0.2, 0.25) is 0 Å². The maximum absolute atomic E-state index is 12.7. The summed E-state index contributed by atoms with van der Waals surface area (Å²) in [4.78, 5) is 2.46. The number of morpholine rings is 1. The summed E-state index contributed by atoms with van der Waals surface area (Å²) in [7, 11) is 0. The van der Waals surface area contributed by atoms with Crippen molar-refractivity contribution in [2.75, 3.05) is 26.2 Å². The molecule has 0 aromatic heterocycles. The van der Waals surface area contributed by atoms with Crippen LogP contribution in [0.1, 0.15) is 26.7 Å². The minimum atomic E-state index is -0.229. The molecule has 0 saturated carbocycles. The van der Waals surface area contributed by atoms with Gasteiger partial charge >= 0.3 is 0 Å². The summed E-state index contributed by atoms with van der Waals surface area (Å²) in [6, 6.07) is 6.18. The maximum Gasteiger partial charge on any atom is 0.123 e. The average molecular weight is 281 g/mol. The monoisotopic (exact) mass is 281 g/mol. The van der Waals surface area contributed by atoms with Gasteiger partial charge in [0.25, 0.3) is 0 Å². The Morgan fingerprint density at radius 2 is 1.80 bits per heavy atom. The number of unbranched alkanes of at least 4 members (excludes halogenated alkanes) is 1. The van der Waals surface area contributed by atoms with Gasteiger partial charge in [-0.2, -0.15) is 0 Å². The smallest absolute Gasteiger partial charge is 0.123 e. The number of rotatable bonds is 6. The van der Waals surface area contributed by atoms with E-state index in [0.717, 1.165) is 38.2 Å². The Bertz CT molecular complexity index is 386. The highest BCUT2D eigenvalue weighted by Gasteiger charge is 2.21. The molecule has 0 bridgehead atoms. The number of hydrogen-bond acceptors (Lipinski definition) is 3. The van der Waals surface area contributed by atoms with Gasteiger partial charge in [0.1, 0.15) is 11.6 Å². The number of nitrogens with zero attached hydrogens (tertiary/aromatic N) is 1. The SMILES string of the molecule is CC1CN(CCCCOc2ccc(F)cc2)CC(C)O1. The van der Waals surface area contributed by atoms with Crippen molar-refractivity contribution in [3.63, 3.8) is 0 Å². The van der Waals surface area contributed by atoms with Gasteiger partial charge in [-0.15, -0.1) is 0 Å². The van der Waals surface area contributed by atoms with Crippen LogP contribution in [-0.2, 0) is 4.74 Å². The van der Waals surface area contributed by atoms with E-state index in [9.17, 15) is 4.39 Å². The van der Waals surface area contributed by atoms with Crippen molar-refractivity contribution in [1.82, 2.24) is 4.90 Å². The van der Waals surface area contributed by atoms with E-state index >= 15 is 0 Å². The normalized spacial score (nSPS) is 23.8. The second-order valence-electron chi connectivity index (χ2n) is 5.53. The van der Waals surface area contributed by atoms with Crippen LogP contribution in [0.4, 0.5) is 4.39 Å². The Morgan fingerprint density at radius 1 is 1.15 bits per heavy atom. The standard InChI is InChI=1S/C16H24FNO2/c1-13-11-18(12-14(2)20-13)9-3-4-10-19-16-7-5-15(17)6-8-16/h5-8,13-14H,3-4,9-12H2,1-2H3. The lowest BCUT2D eigenvalue weighted by atomic mass is 10.2. The highest BCUT2D eigenvalue weighted by molar-refractivity contribution is 5.21. The summed E-state index contributed by atoms with van der Waals surface area (Å²) in [5.74, 6) is 0.507. The Kier molecular flexibility index (Phi) is 5.80. The summed E-state index contributed by atoms with van der Waals surface area (Å²) in [6.07, 6.45) is 2.78. The van der Waals surface area contributed by atoms with Crippen LogP contribution in [0, 0.1) is 5.82 Å². The largest absolute Gasteiger partial charge is 0.494 e. The van der Waals surface area contributed by atoms with Gasteiger partial charge in [-0.1, -0.05) is 0 Å². The molecule has 0 aliphatic carbocycles. The second-order valence-corrected chi connectivity index (χ2v) is 5.53. The van der Waals surface area contributed by atoms with Crippen molar-refractivity contribution < 1.29 is 13.9 Å². The fourth-order valence-corrected chi connectivity index (χ4v) is 2.63. The molecule has 1 fully saturated rings. The van der Waals surface area contributed by atoms with Crippen LogP contribution < -0.4 is 4.74 Å². The molecule has 2 atom stereocenters. The predicted octanol–water partition coefficient (Wildman–Crippen LogP) is 3.09. The molecule has 20 heavy (non-hydrogen) atoms. The van der Waals surface area contributed by atoms with Crippen LogP contribution >= 0.6 is 0 Å². The maximum atomic E-state index is 12.7. The molecule has 0 amide bonds. The molecule has 3 nitrogen and oxygen atoms in total. The molecule has 1 aliphatic rings. The Balaban J connectivity index is 1.58. The van der Waals surface area contributed by atoms with Gasteiger partial charge in [0.2, 0.25) is 0 Å². The van der Waals surface area contributed by atoms with Crippen LogP contribution in [0.15, 0.2) is 24.3 Å². The zero-order valence-electron chi connectivity index (χ0n) is 12.3. The quantitative estimate of drug-likeness (QED) is 0.748. The summed E-state index contributed by atoms with van der Waals surface area (Å²) in [5, 5.41) is 0. The summed E-state index contributed by atoms with van der Waals surface area (Å²) in [5.41, 5.74) is 0. The first-order chi connectivity index (χ1) is 9.63. The van der Waals surface area contributed by atoms with Gasteiger partial charge in [0.05, 0.1) is 18.8 Å². The molecular formula is C16H24FNO2. The van der Waals surface area contributed by atoms with Crippen LogP contribution in [0.3, 0.4) is 0 Å². The van der Waals surface area contributed by atoms with Crippen molar-refractivity contribution >= 4 is 0 Å². The molecule has 2 rings (SSSR count). The highest BCUT2D eigenvalue weighted by atomic mass is 19.1. The fourth-order valence-electron chi connectivity index (χ4n) is 2.63. The van der Waals surface area contributed by atoms with E-state index in [4.69, 9.17) is 9.47 Å². The van der Waals surface area contributed by atoms with E-state index in [0.29, 0.717) is 18.8 Å². The summed E-state index contributed by atoms with van der Waals surface area (Å²) < 4.78 is 24.0. The number of benzene rings is 1. The summed E-state index contributed by atoms with van der Waals surface area (Å²) in [6.45, 7) is 8.05. The van der Waals surface area contributed by atoms with Crippen molar-refractivity contribution in [3.05, 3.63) is 30.1 Å². The van der Waals surface area contributed by atoms with Crippen molar-refractivity contribution in [2.24, 2.45) is 0 Å². The van der Waals surface area contributed by atoms with Gasteiger partial charge in [0.15, 0.2) is 0 Å². The minimum absolute atomic E-state index is 0.229. The van der Waals surface area contributed by atoms with Crippen LogP contribution in [-0.4, -0.2) is 43.3 Å². The van der Waals surface area contributed by atoms with E-state index < -0.39 is 0 Å². The van der Waals surface area contributed by atoms with Gasteiger partial charge < -0.3 is 9.47 Å². The molecule has 1 aromatic rings. The first kappa shape index (κ1) is 15.3. The molecular weight excluding hydrogens is 257 g/mol. The van der Waals surface area contributed by atoms with E-state index in [1.165, 1.54) is 12.1 Å². The molecule has 1 aliphatic heterocycles. The molecule has 1 aromatic carbocycles. The lowest BCUT2D eigenvalue weighted by Crippen LogP contribution is -2.45. The second kappa shape index (κ2) is 7.60. The molecule has 0 spiro atoms. The molecule has 112 valence electrons. The number of halogens is 1. The van der Waals surface area contributed by atoms with Gasteiger partial charge in [-0.3, -0.25) is 4.90 Å². The lowest BCUT2D eigenvalue weighted by Gasteiger charge is -2.35. The Labute approximate surface area is 120 Å². The van der Waals surface area contributed by atoms with Crippen molar-refractivity contribution in [1.29, 1.82) is 0 Å². The average Bonchev–Trinajstić information content (AvgIpc) is 2.39. The number of ether oxygens (including phenoxy) is 2. The third kappa shape index (κ3) is 5.10. The Morgan fingerprint density at radius 3 is 2.45 bits per heavy atom. The first-order valence-electron chi connectivity index (χ1n) is 7.39. The van der Waals surface area contributed by atoms with Crippen LogP contribution in [0.5, 0.6) is 5.75 Å². The zero-order valence-corrected chi connectivity index (χ0v) is 12.3. The number of hydrogen-bond donors (Lipinski definition) is 0. The third-order valence-electron chi connectivity index (χ3n) is 3.45. The van der Waals surface area contributed by atoms with E-state index in [1.807, 2.05) is 0 Å². The molecule has 4 heteroatoms. The Hall–Kier alpha value is -1.13. The van der Waals surface area contributed by atoms with E-state index in [-0.39, 0.29) is 5.82 Å². The molecule has 1 saturated heterocycles. The van der Waals surface area contributed by atoms with Crippen molar-refractivity contribution in [3.8, 4) is 5.75 Å². The molecule has 1 heterocycles. The zero-order chi connectivity index (χ0) is 14.4. The minimum Gasteiger partial charge on any atom is -0.494 e. The topological polar surface area (TPSA) is 21.7 Å². The molecule has 0 N–H and O–H groups in total. The first-order valence-corrected chi connectivity index (χ1v) is 7.39. The van der Waals surface area contributed by atoms with Gasteiger partial charge in [-0.05, 0) is 57.5 Å². The van der Waals surface area contributed by atoms with E-state index in [1.54, 1.807) is 12.1 Å². The predicted molar refractivity (Wildman–Crippen MR) is 77.6 cm³/mol. The van der Waals surface area contributed by atoms with Gasteiger partial charge in [-0.25, -0.2) is 4.39 Å². The summed E-state index contributed by atoms with van der Waals surface area (Å²) >= 11 is 0. The van der Waals surface area contributed by atoms with Crippen LogP contribution in [0.25, 0.3) is 0 Å². The molecule has 2 unspecified atom stereocenters. The lowest BCUT2D eigenvalue weighted by molar-refractivity contribution is -0.0682. The third-order valence-corrected chi connectivity index (χ3v) is 3.45. The molecule has 0 radical (unpaired) electrons. The fraction of sp³-hybridized carbons (Fsp3) is 0.625.